The van der Waals surface area contributed by atoms with E-state index >= 15 is 0 Å². The van der Waals surface area contributed by atoms with Crippen molar-refractivity contribution in [1.82, 2.24) is 15.0 Å². The van der Waals surface area contributed by atoms with E-state index < -0.39 is 0 Å². The first-order chi connectivity index (χ1) is 13.6. The van der Waals surface area contributed by atoms with Crippen LogP contribution in [0.1, 0.15) is 36.5 Å². The Morgan fingerprint density at radius 2 is 1.96 bits per heavy atom. The van der Waals surface area contributed by atoms with Crippen molar-refractivity contribution in [2.75, 3.05) is 18.4 Å². The molecule has 0 saturated carbocycles. The van der Waals surface area contributed by atoms with Gasteiger partial charge in [-0.15, -0.1) is 0 Å². The van der Waals surface area contributed by atoms with Gasteiger partial charge < -0.3 is 19.2 Å². The number of carbonyl (C=O) groups is 2. The summed E-state index contributed by atoms with van der Waals surface area (Å²) < 4.78 is 10.3. The number of amides is 2. The molecule has 1 N–H and O–H groups in total. The number of nitrogens with zero attached hydrogens (tertiary/aromatic N) is 3. The Morgan fingerprint density at radius 3 is 2.68 bits per heavy atom. The number of anilines is 1. The average Bonchev–Trinajstić information content (AvgIpc) is 3.39. The van der Waals surface area contributed by atoms with Crippen molar-refractivity contribution in [3.05, 3.63) is 54.1 Å². The third kappa shape index (κ3) is 4.64. The van der Waals surface area contributed by atoms with Crippen LogP contribution in [0, 0.1) is 0 Å². The Morgan fingerprint density at radius 1 is 1.14 bits per heavy atom. The number of hydrogen-bond donors (Lipinski definition) is 1. The van der Waals surface area contributed by atoms with Crippen molar-refractivity contribution in [2.24, 2.45) is 0 Å². The second kappa shape index (κ2) is 8.98. The number of nitrogens with one attached hydrogen (secondary N) is 1. The van der Waals surface area contributed by atoms with Gasteiger partial charge >= 0.3 is 0 Å². The number of rotatable bonds is 8. The number of carbonyl (C=O) groups excluding carboxylic acids is 2. The highest BCUT2D eigenvalue weighted by molar-refractivity contribution is 5.97. The van der Waals surface area contributed by atoms with Gasteiger partial charge in [0.2, 0.25) is 17.6 Å². The predicted octanol–water partition coefficient (Wildman–Crippen LogP) is 3.38. The molecule has 2 amide bonds. The fourth-order valence-corrected chi connectivity index (χ4v) is 2.73. The molecule has 0 atom stereocenters. The Bertz CT molecular complexity index is 929. The first-order valence-corrected chi connectivity index (χ1v) is 9.16. The molecule has 0 aliphatic heterocycles. The summed E-state index contributed by atoms with van der Waals surface area (Å²) in [4.78, 5) is 30.6. The summed E-state index contributed by atoms with van der Waals surface area (Å²) in [5, 5.41) is 6.63. The van der Waals surface area contributed by atoms with Crippen molar-refractivity contribution in [1.29, 1.82) is 0 Å². The minimum atomic E-state index is -0.204. The molecule has 3 aromatic rings. The number of benzene rings is 1. The number of aromatic nitrogens is 2. The van der Waals surface area contributed by atoms with Crippen molar-refractivity contribution >= 4 is 17.5 Å². The molecule has 3 rings (SSSR count). The van der Waals surface area contributed by atoms with Crippen LogP contribution < -0.4 is 5.32 Å². The predicted molar refractivity (Wildman–Crippen MR) is 103 cm³/mol. The van der Waals surface area contributed by atoms with E-state index in [0.717, 1.165) is 0 Å². The second-order valence-electron chi connectivity index (χ2n) is 6.10. The maximum absolute atomic E-state index is 12.4. The van der Waals surface area contributed by atoms with E-state index in [0.29, 0.717) is 48.2 Å². The van der Waals surface area contributed by atoms with E-state index in [-0.39, 0.29) is 18.2 Å². The molecule has 0 aliphatic carbocycles. The van der Waals surface area contributed by atoms with Gasteiger partial charge in [-0.2, -0.15) is 4.98 Å². The molecule has 146 valence electrons. The maximum Gasteiger partial charge on any atom is 0.253 e. The van der Waals surface area contributed by atoms with E-state index in [1.807, 2.05) is 13.8 Å². The molecule has 0 unspecified atom stereocenters. The van der Waals surface area contributed by atoms with Gasteiger partial charge in [0.15, 0.2) is 5.76 Å². The van der Waals surface area contributed by atoms with Gasteiger partial charge in [0, 0.05) is 37.2 Å². The summed E-state index contributed by atoms with van der Waals surface area (Å²) in [5.74, 6) is 0.951. The van der Waals surface area contributed by atoms with Crippen LogP contribution >= 0.6 is 0 Å². The lowest BCUT2D eigenvalue weighted by Gasteiger charge is -2.19. The van der Waals surface area contributed by atoms with E-state index in [1.54, 1.807) is 41.3 Å². The average molecular weight is 382 g/mol. The highest BCUT2D eigenvalue weighted by atomic mass is 16.5. The largest absolute Gasteiger partial charge is 0.461 e. The van der Waals surface area contributed by atoms with Gasteiger partial charge in [-0.3, -0.25) is 9.59 Å². The maximum atomic E-state index is 12.4. The first-order valence-electron chi connectivity index (χ1n) is 9.16. The molecular weight excluding hydrogens is 360 g/mol. The SMILES string of the molecule is CCN(CC)C(=O)c1cccc(NC(=O)CCc2nc(-c3ccco3)no2)c1. The van der Waals surface area contributed by atoms with Crippen LogP contribution in [0.3, 0.4) is 0 Å². The molecule has 2 heterocycles. The molecule has 1 aromatic carbocycles. The molecule has 0 spiro atoms. The zero-order chi connectivity index (χ0) is 19.9. The minimum absolute atomic E-state index is 0.0579. The molecule has 0 fully saturated rings. The van der Waals surface area contributed by atoms with Crippen LogP contribution in [0.4, 0.5) is 5.69 Å². The lowest BCUT2D eigenvalue weighted by Crippen LogP contribution is -2.30. The summed E-state index contributed by atoms with van der Waals surface area (Å²) in [6.07, 6.45) is 2.00. The van der Waals surface area contributed by atoms with Crippen LogP contribution in [-0.2, 0) is 11.2 Å². The van der Waals surface area contributed by atoms with Crippen LogP contribution in [0.25, 0.3) is 11.6 Å². The van der Waals surface area contributed by atoms with Crippen LogP contribution in [0.2, 0.25) is 0 Å². The van der Waals surface area contributed by atoms with Crippen LogP contribution in [-0.4, -0.2) is 39.9 Å². The van der Waals surface area contributed by atoms with Gasteiger partial charge in [0.25, 0.3) is 5.91 Å². The summed E-state index contributed by atoms with van der Waals surface area (Å²) in [6.45, 7) is 5.13. The monoisotopic (exact) mass is 382 g/mol. The van der Waals surface area contributed by atoms with E-state index in [4.69, 9.17) is 8.94 Å². The summed E-state index contributed by atoms with van der Waals surface area (Å²) in [6, 6.07) is 10.4. The lowest BCUT2D eigenvalue weighted by atomic mass is 10.1. The molecule has 28 heavy (non-hydrogen) atoms. The van der Waals surface area contributed by atoms with Crippen molar-refractivity contribution in [3.63, 3.8) is 0 Å². The normalized spacial score (nSPS) is 10.6. The molecule has 0 bridgehead atoms. The Balaban J connectivity index is 1.56. The van der Waals surface area contributed by atoms with Gasteiger partial charge in [-0.05, 0) is 44.2 Å². The van der Waals surface area contributed by atoms with E-state index in [1.165, 1.54) is 6.26 Å². The Labute approximate surface area is 162 Å². The first kappa shape index (κ1) is 19.3. The highest BCUT2D eigenvalue weighted by Gasteiger charge is 2.15. The molecule has 0 aliphatic rings. The second-order valence-corrected chi connectivity index (χ2v) is 6.10. The fourth-order valence-electron chi connectivity index (χ4n) is 2.73. The topological polar surface area (TPSA) is 101 Å². The fraction of sp³-hybridized carbons (Fsp3) is 0.300. The van der Waals surface area contributed by atoms with Gasteiger partial charge in [0.05, 0.1) is 6.26 Å². The summed E-state index contributed by atoms with van der Waals surface area (Å²) >= 11 is 0. The van der Waals surface area contributed by atoms with Crippen molar-refractivity contribution in [2.45, 2.75) is 26.7 Å². The molecule has 2 aromatic heterocycles. The Kier molecular flexibility index (Phi) is 6.21. The minimum Gasteiger partial charge on any atom is -0.461 e. The summed E-state index contributed by atoms with van der Waals surface area (Å²) in [7, 11) is 0. The lowest BCUT2D eigenvalue weighted by molar-refractivity contribution is -0.116. The number of aryl methyl sites for hydroxylation is 1. The highest BCUT2D eigenvalue weighted by Crippen LogP contribution is 2.17. The smallest absolute Gasteiger partial charge is 0.253 e. The van der Waals surface area contributed by atoms with Crippen LogP contribution in [0.15, 0.2) is 51.6 Å². The van der Waals surface area contributed by atoms with Crippen LogP contribution in [0.5, 0.6) is 0 Å². The molecule has 8 nitrogen and oxygen atoms in total. The summed E-state index contributed by atoms with van der Waals surface area (Å²) in [5.41, 5.74) is 1.12. The van der Waals surface area contributed by atoms with Gasteiger partial charge in [-0.25, -0.2) is 0 Å². The standard InChI is InChI=1S/C20H22N4O4/c1-3-24(4-2)20(26)14-7-5-8-15(13-14)21-17(25)10-11-18-22-19(23-28-18)16-9-6-12-27-16/h5-9,12-13H,3-4,10-11H2,1-2H3,(H,21,25). The third-order valence-corrected chi connectivity index (χ3v) is 4.22. The molecule has 0 saturated heterocycles. The molecular formula is C20H22N4O4. The Hall–Kier alpha value is -3.42. The van der Waals surface area contributed by atoms with E-state index in [9.17, 15) is 9.59 Å². The molecule has 0 radical (unpaired) electrons. The zero-order valence-electron chi connectivity index (χ0n) is 15.8. The third-order valence-electron chi connectivity index (χ3n) is 4.22. The van der Waals surface area contributed by atoms with E-state index in [2.05, 4.69) is 15.5 Å². The number of hydrogen-bond acceptors (Lipinski definition) is 6. The zero-order valence-corrected chi connectivity index (χ0v) is 15.8. The number of furan rings is 1. The quantitative estimate of drug-likeness (QED) is 0.641. The van der Waals surface area contributed by atoms with Crippen molar-refractivity contribution in [3.8, 4) is 11.6 Å². The van der Waals surface area contributed by atoms with Gasteiger partial charge in [-0.1, -0.05) is 11.2 Å². The molecule has 8 heteroatoms. The van der Waals surface area contributed by atoms with Crippen molar-refractivity contribution < 1.29 is 18.5 Å². The van der Waals surface area contributed by atoms with Gasteiger partial charge in [0.1, 0.15) is 0 Å².